The number of halogens is 3. The molecule has 14 heavy (non-hydrogen) atoms. The molecule has 0 aromatic carbocycles. The molecular formula is C8H5ClF2N2O. The molecule has 1 aromatic rings. The molecule has 0 saturated heterocycles. The molecule has 0 bridgehead atoms. The summed E-state index contributed by atoms with van der Waals surface area (Å²) in [6.07, 6.45) is -2.99. The largest absolute Gasteiger partial charge is 0.355 e. The number of nitrogens with zero attached hydrogens (tertiary/aromatic N) is 1. The average molecular weight is 219 g/mol. The van der Waals surface area contributed by atoms with Gasteiger partial charge in [-0.3, -0.25) is 4.79 Å². The Morgan fingerprint density at radius 3 is 2.79 bits per heavy atom. The third-order valence-corrected chi connectivity index (χ3v) is 1.93. The number of hydrogen-bond donors (Lipinski definition) is 1. The number of hydrogen-bond acceptors (Lipinski definition) is 2. The van der Waals surface area contributed by atoms with Crippen LogP contribution in [0.3, 0.4) is 0 Å². The van der Waals surface area contributed by atoms with E-state index < -0.39 is 22.6 Å². The first-order chi connectivity index (χ1) is 6.56. The van der Waals surface area contributed by atoms with E-state index in [4.69, 9.17) is 16.9 Å². The van der Waals surface area contributed by atoms with E-state index >= 15 is 0 Å². The highest BCUT2D eigenvalue weighted by atomic mass is 35.5. The van der Waals surface area contributed by atoms with Crippen LogP contribution in [0.1, 0.15) is 17.8 Å². The van der Waals surface area contributed by atoms with Crippen LogP contribution in [0.4, 0.5) is 8.78 Å². The maximum absolute atomic E-state index is 12.3. The fraction of sp³-hybridized carbons (Fsp3) is 0.250. The van der Waals surface area contributed by atoms with Gasteiger partial charge in [-0.15, -0.1) is 0 Å². The highest BCUT2D eigenvalue weighted by molar-refractivity contribution is 6.31. The van der Waals surface area contributed by atoms with Crippen molar-refractivity contribution in [2.24, 2.45) is 0 Å². The number of nitriles is 1. The minimum absolute atomic E-state index is 0.133. The van der Waals surface area contributed by atoms with Crippen LogP contribution < -0.4 is 5.43 Å². The van der Waals surface area contributed by atoms with Crippen LogP contribution in [0, 0.1) is 11.3 Å². The van der Waals surface area contributed by atoms with Crippen LogP contribution in [-0.2, 0) is 6.42 Å². The quantitative estimate of drug-likeness (QED) is 0.826. The van der Waals surface area contributed by atoms with Crippen molar-refractivity contribution in [3.05, 3.63) is 32.7 Å². The minimum atomic E-state index is -2.85. The fourth-order valence-corrected chi connectivity index (χ4v) is 1.13. The maximum atomic E-state index is 12.3. The Morgan fingerprint density at radius 2 is 2.29 bits per heavy atom. The zero-order valence-electron chi connectivity index (χ0n) is 6.85. The second kappa shape index (κ2) is 4.20. The van der Waals surface area contributed by atoms with E-state index in [0.717, 1.165) is 6.07 Å². The standard InChI is InChI=1S/C8H5ClF2N2O/c9-6-5(14)3-4(1-2-12)13-7(6)8(10)11/h3,8H,1H2,(H,13,14). The number of pyridine rings is 1. The highest BCUT2D eigenvalue weighted by Gasteiger charge is 2.15. The van der Waals surface area contributed by atoms with Crippen molar-refractivity contribution >= 4 is 11.6 Å². The number of alkyl halides is 2. The average Bonchev–Trinajstić information content (AvgIpc) is 2.11. The molecule has 0 saturated carbocycles. The van der Waals surface area contributed by atoms with E-state index in [1.54, 1.807) is 6.07 Å². The van der Waals surface area contributed by atoms with Crippen molar-refractivity contribution in [2.45, 2.75) is 12.8 Å². The molecule has 0 aliphatic rings. The zero-order chi connectivity index (χ0) is 10.7. The van der Waals surface area contributed by atoms with Gasteiger partial charge in [0.1, 0.15) is 10.7 Å². The second-order valence-electron chi connectivity index (χ2n) is 2.52. The summed E-state index contributed by atoms with van der Waals surface area (Å²) in [5.74, 6) is 0. The van der Waals surface area contributed by atoms with Gasteiger partial charge in [0, 0.05) is 11.8 Å². The van der Waals surface area contributed by atoms with Gasteiger partial charge in [0.15, 0.2) is 0 Å². The number of rotatable bonds is 2. The summed E-state index contributed by atoms with van der Waals surface area (Å²) in [5.41, 5.74) is -1.20. The molecule has 0 spiro atoms. The summed E-state index contributed by atoms with van der Waals surface area (Å²) in [6, 6.07) is 2.78. The van der Waals surface area contributed by atoms with E-state index in [1.165, 1.54) is 0 Å². The Bertz CT molecular complexity index is 436. The van der Waals surface area contributed by atoms with E-state index in [2.05, 4.69) is 4.98 Å². The first-order valence-electron chi connectivity index (χ1n) is 3.63. The van der Waals surface area contributed by atoms with Gasteiger partial charge < -0.3 is 4.98 Å². The normalized spacial score (nSPS) is 10.2. The summed E-state index contributed by atoms with van der Waals surface area (Å²) >= 11 is 5.35. The summed E-state index contributed by atoms with van der Waals surface area (Å²) in [7, 11) is 0. The van der Waals surface area contributed by atoms with Crippen LogP contribution in [0.15, 0.2) is 10.9 Å². The molecule has 0 unspecified atom stereocenters. The predicted octanol–water partition coefficient (Wildman–Crippen LogP) is 2.03. The molecule has 1 aromatic heterocycles. The Kier molecular flexibility index (Phi) is 3.20. The molecule has 0 radical (unpaired) electrons. The van der Waals surface area contributed by atoms with Gasteiger partial charge in [0.2, 0.25) is 5.43 Å². The molecule has 3 nitrogen and oxygen atoms in total. The van der Waals surface area contributed by atoms with E-state index in [-0.39, 0.29) is 12.1 Å². The lowest BCUT2D eigenvalue weighted by molar-refractivity contribution is 0.146. The molecule has 0 atom stereocenters. The first-order valence-corrected chi connectivity index (χ1v) is 4.00. The molecule has 0 aliphatic heterocycles. The van der Waals surface area contributed by atoms with Crippen LogP contribution >= 0.6 is 11.6 Å². The Labute approximate surface area is 82.9 Å². The topological polar surface area (TPSA) is 56.6 Å². The maximum Gasteiger partial charge on any atom is 0.279 e. The molecule has 1 N–H and O–H groups in total. The van der Waals surface area contributed by atoms with Gasteiger partial charge in [0.05, 0.1) is 12.5 Å². The van der Waals surface area contributed by atoms with Crippen molar-refractivity contribution in [1.29, 1.82) is 5.26 Å². The highest BCUT2D eigenvalue weighted by Crippen LogP contribution is 2.22. The van der Waals surface area contributed by atoms with Crippen LogP contribution in [0.2, 0.25) is 5.02 Å². The van der Waals surface area contributed by atoms with Gasteiger partial charge in [-0.2, -0.15) is 5.26 Å². The molecular weight excluding hydrogens is 214 g/mol. The second-order valence-corrected chi connectivity index (χ2v) is 2.90. The smallest absolute Gasteiger partial charge is 0.279 e. The molecule has 1 heterocycles. The van der Waals surface area contributed by atoms with Crippen molar-refractivity contribution in [3.63, 3.8) is 0 Å². The molecule has 0 amide bonds. The van der Waals surface area contributed by atoms with E-state index in [1.807, 2.05) is 0 Å². The van der Waals surface area contributed by atoms with Gasteiger partial charge in [-0.25, -0.2) is 8.78 Å². The lowest BCUT2D eigenvalue weighted by Crippen LogP contribution is -2.09. The molecule has 6 heteroatoms. The number of aromatic amines is 1. The van der Waals surface area contributed by atoms with Gasteiger partial charge >= 0.3 is 0 Å². The van der Waals surface area contributed by atoms with Gasteiger partial charge in [0.25, 0.3) is 6.43 Å². The molecule has 0 fully saturated rings. The van der Waals surface area contributed by atoms with Crippen LogP contribution in [-0.4, -0.2) is 4.98 Å². The van der Waals surface area contributed by atoms with Crippen LogP contribution in [0.25, 0.3) is 0 Å². The van der Waals surface area contributed by atoms with Crippen molar-refractivity contribution in [3.8, 4) is 6.07 Å². The van der Waals surface area contributed by atoms with E-state index in [9.17, 15) is 13.6 Å². The Hall–Kier alpha value is -1.41. The molecule has 1 rings (SSSR count). The van der Waals surface area contributed by atoms with E-state index in [0.29, 0.717) is 0 Å². The summed E-state index contributed by atoms with van der Waals surface area (Å²) in [5, 5.41) is 7.79. The summed E-state index contributed by atoms with van der Waals surface area (Å²) in [4.78, 5) is 13.3. The Balaban J connectivity index is 3.30. The minimum Gasteiger partial charge on any atom is -0.355 e. The van der Waals surface area contributed by atoms with Crippen molar-refractivity contribution < 1.29 is 8.78 Å². The third-order valence-electron chi connectivity index (χ3n) is 1.54. The monoisotopic (exact) mass is 218 g/mol. The number of aromatic nitrogens is 1. The molecule has 74 valence electrons. The van der Waals surface area contributed by atoms with Crippen LogP contribution in [0.5, 0.6) is 0 Å². The lowest BCUT2D eigenvalue weighted by atomic mass is 10.2. The van der Waals surface area contributed by atoms with Gasteiger partial charge in [-0.1, -0.05) is 11.6 Å². The van der Waals surface area contributed by atoms with Gasteiger partial charge in [-0.05, 0) is 0 Å². The summed E-state index contributed by atoms with van der Waals surface area (Å²) < 4.78 is 24.6. The molecule has 0 aliphatic carbocycles. The fourth-order valence-electron chi connectivity index (χ4n) is 0.949. The summed E-state index contributed by atoms with van der Waals surface area (Å²) in [6.45, 7) is 0. The van der Waals surface area contributed by atoms with Crippen molar-refractivity contribution in [1.82, 2.24) is 4.98 Å². The number of nitrogens with one attached hydrogen (secondary N) is 1. The zero-order valence-corrected chi connectivity index (χ0v) is 7.61. The predicted molar refractivity (Wildman–Crippen MR) is 46.3 cm³/mol. The first kappa shape index (κ1) is 10.7. The SMILES string of the molecule is N#CCc1cc(=O)c(Cl)c(C(F)F)[nH]1. The van der Waals surface area contributed by atoms with Crippen molar-refractivity contribution in [2.75, 3.05) is 0 Å². The Morgan fingerprint density at radius 1 is 1.64 bits per heavy atom. The lowest BCUT2D eigenvalue weighted by Gasteiger charge is -2.04. The third kappa shape index (κ3) is 2.09. The number of H-pyrrole nitrogens is 1.